The Morgan fingerprint density at radius 1 is 1.54 bits per heavy atom. The second-order valence-electron chi connectivity index (χ2n) is 2.87. The molecule has 1 aromatic rings. The molecule has 1 rings (SSSR count). The normalized spacial score (nSPS) is 12.8. The third-order valence-electron chi connectivity index (χ3n) is 1.90. The second kappa shape index (κ2) is 5.61. The fraction of sp³-hybridized carbons (Fsp3) is 0.556. The van der Waals surface area contributed by atoms with Crippen molar-refractivity contribution in [2.75, 3.05) is 6.61 Å². The minimum absolute atomic E-state index is 0.155. The Morgan fingerprint density at radius 3 is 2.92 bits per heavy atom. The van der Waals surface area contributed by atoms with Gasteiger partial charge < -0.3 is 10.4 Å². The monoisotopic (exact) mass is 181 g/mol. The van der Waals surface area contributed by atoms with Crippen LogP contribution in [0.2, 0.25) is 0 Å². The van der Waals surface area contributed by atoms with Crippen LogP contribution in [0.15, 0.2) is 18.6 Å². The molecule has 0 unspecified atom stereocenters. The van der Waals surface area contributed by atoms with E-state index in [2.05, 4.69) is 15.3 Å². The molecule has 0 aliphatic carbocycles. The summed E-state index contributed by atoms with van der Waals surface area (Å²) in [6.07, 6.45) is 5.94. The Morgan fingerprint density at radius 2 is 2.38 bits per heavy atom. The first kappa shape index (κ1) is 10.1. The first-order chi connectivity index (χ1) is 6.36. The number of nitrogens with zero attached hydrogens (tertiary/aromatic N) is 2. The van der Waals surface area contributed by atoms with E-state index in [1.54, 1.807) is 18.6 Å². The van der Waals surface area contributed by atoms with Crippen molar-refractivity contribution in [2.45, 2.75) is 25.9 Å². The lowest BCUT2D eigenvalue weighted by Gasteiger charge is -2.12. The maximum absolute atomic E-state index is 8.91. The molecular weight excluding hydrogens is 166 g/mol. The lowest BCUT2D eigenvalue weighted by Crippen LogP contribution is -2.31. The van der Waals surface area contributed by atoms with Crippen molar-refractivity contribution in [3.05, 3.63) is 24.3 Å². The number of aromatic nitrogens is 2. The number of aliphatic hydroxyl groups excluding tert-OH is 1. The van der Waals surface area contributed by atoms with E-state index in [9.17, 15) is 0 Å². The highest BCUT2D eigenvalue weighted by molar-refractivity contribution is 4.94. The lowest BCUT2D eigenvalue weighted by atomic mass is 10.2. The van der Waals surface area contributed by atoms with Crippen molar-refractivity contribution in [3.63, 3.8) is 0 Å². The zero-order valence-corrected chi connectivity index (χ0v) is 7.77. The van der Waals surface area contributed by atoms with Crippen molar-refractivity contribution < 1.29 is 5.11 Å². The molecule has 2 N–H and O–H groups in total. The van der Waals surface area contributed by atoms with Gasteiger partial charge in [-0.2, -0.15) is 0 Å². The zero-order valence-electron chi connectivity index (χ0n) is 7.77. The maximum atomic E-state index is 8.91. The van der Waals surface area contributed by atoms with Crippen molar-refractivity contribution in [2.24, 2.45) is 0 Å². The first-order valence-corrected chi connectivity index (χ1v) is 4.46. The number of hydrogen-bond donors (Lipinski definition) is 2. The first-order valence-electron chi connectivity index (χ1n) is 4.46. The van der Waals surface area contributed by atoms with Gasteiger partial charge in [0.1, 0.15) is 0 Å². The smallest absolute Gasteiger partial charge is 0.0724 e. The van der Waals surface area contributed by atoms with Gasteiger partial charge >= 0.3 is 0 Å². The highest BCUT2D eigenvalue weighted by Crippen LogP contribution is 1.93. The standard InChI is InChI=1S/C9H15N3O/c1-2-8(7-13)12-6-9-5-10-3-4-11-9/h3-5,8,12-13H,2,6-7H2,1H3/t8-/m1/s1. The van der Waals surface area contributed by atoms with Crippen LogP contribution >= 0.6 is 0 Å². The van der Waals surface area contributed by atoms with Crippen LogP contribution in [0.1, 0.15) is 19.0 Å². The summed E-state index contributed by atoms with van der Waals surface area (Å²) in [7, 11) is 0. The molecular formula is C9H15N3O. The minimum atomic E-state index is 0.155. The van der Waals surface area contributed by atoms with Crippen LogP contribution in [-0.2, 0) is 6.54 Å². The van der Waals surface area contributed by atoms with E-state index >= 15 is 0 Å². The van der Waals surface area contributed by atoms with Gasteiger partial charge in [0.05, 0.1) is 12.3 Å². The Bertz CT molecular complexity index is 224. The molecule has 1 heterocycles. The third kappa shape index (κ3) is 3.48. The Labute approximate surface area is 78.0 Å². The molecule has 0 amide bonds. The molecule has 0 aliphatic rings. The van der Waals surface area contributed by atoms with E-state index in [1.807, 2.05) is 6.92 Å². The fourth-order valence-corrected chi connectivity index (χ4v) is 1.01. The van der Waals surface area contributed by atoms with Gasteiger partial charge in [0.25, 0.3) is 0 Å². The van der Waals surface area contributed by atoms with Crippen molar-refractivity contribution in [1.29, 1.82) is 0 Å². The molecule has 1 aromatic heterocycles. The average Bonchev–Trinajstić information content (AvgIpc) is 2.21. The molecule has 0 aliphatic heterocycles. The molecule has 1 atom stereocenters. The van der Waals surface area contributed by atoms with Gasteiger partial charge in [-0.25, -0.2) is 0 Å². The molecule has 0 fully saturated rings. The van der Waals surface area contributed by atoms with Crippen LogP contribution in [0.4, 0.5) is 0 Å². The van der Waals surface area contributed by atoms with Crippen molar-refractivity contribution in [3.8, 4) is 0 Å². The minimum Gasteiger partial charge on any atom is -0.395 e. The van der Waals surface area contributed by atoms with Crippen LogP contribution in [-0.4, -0.2) is 27.7 Å². The summed E-state index contributed by atoms with van der Waals surface area (Å²) in [4.78, 5) is 8.06. The third-order valence-corrected chi connectivity index (χ3v) is 1.90. The van der Waals surface area contributed by atoms with Crippen molar-refractivity contribution in [1.82, 2.24) is 15.3 Å². The molecule has 13 heavy (non-hydrogen) atoms. The predicted molar refractivity (Wildman–Crippen MR) is 50.0 cm³/mol. The molecule has 0 spiro atoms. The average molecular weight is 181 g/mol. The second-order valence-corrected chi connectivity index (χ2v) is 2.87. The zero-order chi connectivity index (χ0) is 9.52. The molecule has 0 saturated carbocycles. The van der Waals surface area contributed by atoms with Crippen LogP contribution in [0.5, 0.6) is 0 Å². The van der Waals surface area contributed by atoms with E-state index in [0.717, 1.165) is 12.1 Å². The Hall–Kier alpha value is -1.00. The molecule has 0 bridgehead atoms. The summed E-state index contributed by atoms with van der Waals surface area (Å²) in [6.45, 7) is 2.86. The van der Waals surface area contributed by atoms with Gasteiger partial charge in [-0.15, -0.1) is 0 Å². The topological polar surface area (TPSA) is 58.0 Å². The Balaban J connectivity index is 2.34. The molecule has 4 nitrogen and oxygen atoms in total. The molecule has 0 saturated heterocycles. The predicted octanol–water partition coefficient (Wildman–Crippen LogP) is 0.337. The maximum Gasteiger partial charge on any atom is 0.0724 e. The van der Waals surface area contributed by atoms with Gasteiger partial charge in [-0.1, -0.05) is 6.92 Å². The van der Waals surface area contributed by atoms with E-state index in [4.69, 9.17) is 5.11 Å². The number of rotatable bonds is 5. The fourth-order valence-electron chi connectivity index (χ4n) is 1.01. The largest absolute Gasteiger partial charge is 0.395 e. The van der Waals surface area contributed by atoms with Crippen LogP contribution in [0.25, 0.3) is 0 Å². The number of aliphatic hydroxyl groups is 1. The van der Waals surface area contributed by atoms with Gasteiger partial charge in [0, 0.05) is 31.2 Å². The van der Waals surface area contributed by atoms with Gasteiger partial charge in [-0.3, -0.25) is 9.97 Å². The van der Waals surface area contributed by atoms with E-state index in [0.29, 0.717) is 6.54 Å². The highest BCUT2D eigenvalue weighted by Gasteiger charge is 2.02. The summed E-state index contributed by atoms with van der Waals surface area (Å²) in [6, 6.07) is 0.155. The van der Waals surface area contributed by atoms with E-state index in [1.165, 1.54) is 0 Å². The van der Waals surface area contributed by atoms with Crippen LogP contribution < -0.4 is 5.32 Å². The lowest BCUT2D eigenvalue weighted by molar-refractivity contribution is 0.238. The Kier molecular flexibility index (Phi) is 4.35. The van der Waals surface area contributed by atoms with Crippen molar-refractivity contribution >= 4 is 0 Å². The molecule has 0 radical (unpaired) electrons. The summed E-state index contributed by atoms with van der Waals surface area (Å²) < 4.78 is 0. The summed E-state index contributed by atoms with van der Waals surface area (Å²) in [5.41, 5.74) is 0.898. The van der Waals surface area contributed by atoms with Gasteiger partial charge in [0.2, 0.25) is 0 Å². The summed E-state index contributed by atoms with van der Waals surface area (Å²) in [5.74, 6) is 0. The van der Waals surface area contributed by atoms with Crippen LogP contribution in [0.3, 0.4) is 0 Å². The van der Waals surface area contributed by atoms with E-state index < -0.39 is 0 Å². The highest BCUT2D eigenvalue weighted by atomic mass is 16.3. The molecule has 0 aromatic carbocycles. The van der Waals surface area contributed by atoms with Crippen LogP contribution in [0, 0.1) is 0 Å². The van der Waals surface area contributed by atoms with Gasteiger partial charge in [0.15, 0.2) is 0 Å². The number of nitrogens with one attached hydrogen (secondary N) is 1. The molecule has 72 valence electrons. The summed E-state index contributed by atoms with van der Waals surface area (Å²) >= 11 is 0. The quantitative estimate of drug-likeness (QED) is 0.687. The van der Waals surface area contributed by atoms with Gasteiger partial charge in [-0.05, 0) is 6.42 Å². The molecule has 4 heteroatoms. The number of hydrogen-bond acceptors (Lipinski definition) is 4. The summed E-state index contributed by atoms with van der Waals surface area (Å²) in [5, 5.41) is 12.1. The van der Waals surface area contributed by atoms with E-state index in [-0.39, 0.29) is 12.6 Å². The SMILES string of the molecule is CC[C@H](CO)NCc1cnccn1.